The van der Waals surface area contributed by atoms with Crippen molar-refractivity contribution in [2.24, 2.45) is 50.7 Å². The fraction of sp³-hybridized carbons (Fsp3) is 0.737. The summed E-state index contributed by atoms with van der Waals surface area (Å²) in [6, 6.07) is 4.28. The second-order valence-corrected chi connectivity index (χ2v) is 16.8. The number of phenols is 1. The Kier molecular flexibility index (Phi) is 8.15. The molecular formula is C38H54O8. The Morgan fingerprint density at radius 3 is 2.30 bits per heavy atom. The fourth-order valence-electron chi connectivity index (χ4n) is 12.1. The molecule has 1 aromatic rings. The summed E-state index contributed by atoms with van der Waals surface area (Å²) < 4.78 is 11.2. The van der Waals surface area contributed by atoms with Crippen LogP contribution in [-0.4, -0.2) is 58.3 Å². The third-order valence-electron chi connectivity index (χ3n) is 14.8. The molecule has 5 aliphatic rings. The minimum absolute atomic E-state index is 0.00328. The van der Waals surface area contributed by atoms with E-state index in [0.717, 1.165) is 51.4 Å². The number of ether oxygens (including phenoxy) is 2. The van der Waals surface area contributed by atoms with Gasteiger partial charge >= 0.3 is 11.9 Å². The summed E-state index contributed by atoms with van der Waals surface area (Å²) in [5.74, 6) is -0.683. The number of esters is 1. The van der Waals surface area contributed by atoms with Crippen molar-refractivity contribution in [1.82, 2.24) is 0 Å². The zero-order valence-electron chi connectivity index (χ0n) is 28.5. The molecule has 0 aromatic heterocycles. The average Bonchev–Trinajstić information content (AvgIpc) is 3.18. The number of methoxy groups -OCH3 is 1. The predicted octanol–water partition coefficient (Wildman–Crippen LogP) is 6.76. The number of phenolic OH excluding ortho intramolecular Hbond substituents is 1. The van der Waals surface area contributed by atoms with Crippen LogP contribution in [0.4, 0.5) is 0 Å². The van der Waals surface area contributed by atoms with Crippen LogP contribution in [0.15, 0.2) is 29.8 Å². The highest BCUT2D eigenvalue weighted by molar-refractivity contribution is 5.90. The molecule has 254 valence electrons. The van der Waals surface area contributed by atoms with Crippen LogP contribution >= 0.6 is 0 Å². The fourth-order valence-corrected chi connectivity index (χ4v) is 12.1. The molecule has 8 nitrogen and oxygen atoms in total. The first-order valence-electron chi connectivity index (χ1n) is 17.4. The van der Waals surface area contributed by atoms with Crippen molar-refractivity contribution < 1.29 is 39.5 Å². The van der Waals surface area contributed by atoms with Gasteiger partial charge in [-0.3, -0.25) is 4.79 Å². The molecule has 0 spiro atoms. The molecule has 0 aliphatic heterocycles. The summed E-state index contributed by atoms with van der Waals surface area (Å²) in [5.41, 5.74) is -0.205. The molecule has 46 heavy (non-hydrogen) atoms. The van der Waals surface area contributed by atoms with Gasteiger partial charge in [-0.2, -0.15) is 0 Å². The lowest BCUT2D eigenvalue weighted by atomic mass is 9.41. The van der Waals surface area contributed by atoms with Crippen LogP contribution in [-0.2, 0) is 9.53 Å². The summed E-state index contributed by atoms with van der Waals surface area (Å²) >= 11 is 0. The maximum atomic E-state index is 13.4. The first-order chi connectivity index (χ1) is 21.6. The van der Waals surface area contributed by atoms with Gasteiger partial charge in [-0.05, 0) is 129 Å². The predicted molar refractivity (Wildman–Crippen MR) is 173 cm³/mol. The standard InChI is InChI=1S/C38H54O8/c1-34-16-13-29-36(3,18-15-31(38(29,5)33(43)44)46-32(42)22-7-10-25(40)26(19-22)45-6)27(34)12-9-24-23(20-34)8-11-28-35(24,2)17-14-30(41)37(28,4)21-39/h7-8,10,19,24,27-31,39-41H,9,11-18,20-21H2,1-6H3,(H,43,44)/t24-,27+,28-,29-,30-,31+,34+,35-,36-,37-,38-/m1/s1. The second-order valence-electron chi connectivity index (χ2n) is 16.8. The summed E-state index contributed by atoms with van der Waals surface area (Å²) in [4.78, 5) is 26.6. The van der Waals surface area contributed by atoms with Crippen molar-refractivity contribution in [3.05, 3.63) is 35.4 Å². The number of aromatic hydroxyl groups is 1. The van der Waals surface area contributed by atoms with Crippen LogP contribution in [0.25, 0.3) is 0 Å². The molecule has 6 rings (SSSR count). The number of carboxylic acids is 1. The van der Waals surface area contributed by atoms with Crippen molar-refractivity contribution in [3.8, 4) is 11.5 Å². The Labute approximate surface area is 273 Å². The topological polar surface area (TPSA) is 134 Å². The molecule has 4 N–H and O–H groups in total. The van der Waals surface area contributed by atoms with E-state index in [1.807, 2.05) is 0 Å². The van der Waals surface area contributed by atoms with Gasteiger partial charge in [-0.15, -0.1) is 0 Å². The van der Waals surface area contributed by atoms with Crippen LogP contribution < -0.4 is 4.74 Å². The number of aliphatic hydroxyl groups is 2. The SMILES string of the molecule is COc1cc(C(=O)O[C@H]2CC[C@@]3(C)[C@@H](CC[C@@]4(C)CC5=CC[C@@H]6[C@](C)(CC[C@@H](O)[C@]6(C)CO)[C@@H]5CC[C@@H]43)[C@@]2(C)C(=O)O)ccc1O. The van der Waals surface area contributed by atoms with Gasteiger partial charge in [0.15, 0.2) is 11.5 Å². The molecule has 4 saturated carbocycles. The number of carboxylic acid groups (broad SMARTS) is 1. The number of hydrogen-bond acceptors (Lipinski definition) is 7. The van der Waals surface area contributed by atoms with Crippen LogP contribution in [0.5, 0.6) is 11.5 Å². The van der Waals surface area contributed by atoms with Crippen molar-refractivity contribution in [3.63, 3.8) is 0 Å². The Bertz CT molecular complexity index is 1420. The van der Waals surface area contributed by atoms with Crippen molar-refractivity contribution in [2.45, 2.75) is 111 Å². The number of allylic oxidation sites excluding steroid dienone is 2. The molecule has 0 saturated heterocycles. The van der Waals surface area contributed by atoms with Crippen LogP contribution in [0, 0.1) is 50.7 Å². The Morgan fingerprint density at radius 2 is 1.63 bits per heavy atom. The minimum Gasteiger partial charge on any atom is -0.504 e. The normalized spacial score (nSPS) is 45.1. The van der Waals surface area contributed by atoms with E-state index in [1.165, 1.54) is 30.9 Å². The molecule has 5 aliphatic carbocycles. The quantitative estimate of drug-likeness (QED) is 0.206. The van der Waals surface area contributed by atoms with Gasteiger partial charge in [0.1, 0.15) is 11.5 Å². The first-order valence-corrected chi connectivity index (χ1v) is 17.4. The smallest absolute Gasteiger partial charge is 0.338 e. The van der Waals surface area contributed by atoms with E-state index < -0.39 is 35.0 Å². The molecule has 0 radical (unpaired) electrons. The molecule has 0 heterocycles. The molecule has 11 atom stereocenters. The maximum Gasteiger partial charge on any atom is 0.338 e. The van der Waals surface area contributed by atoms with Crippen molar-refractivity contribution in [1.29, 1.82) is 0 Å². The number of hydrogen-bond donors (Lipinski definition) is 4. The third kappa shape index (κ3) is 4.67. The van der Waals surface area contributed by atoms with E-state index in [9.17, 15) is 30.0 Å². The molecule has 0 bridgehead atoms. The number of benzene rings is 1. The second kappa shape index (κ2) is 11.3. The molecule has 1 aromatic carbocycles. The summed E-state index contributed by atoms with van der Waals surface area (Å²) in [7, 11) is 1.41. The summed E-state index contributed by atoms with van der Waals surface area (Å²) in [5, 5.41) is 42.4. The maximum absolute atomic E-state index is 13.4. The monoisotopic (exact) mass is 638 g/mol. The molecule has 4 fully saturated rings. The van der Waals surface area contributed by atoms with Crippen LogP contribution in [0.3, 0.4) is 0 Å². The molecule has 8 heteroatoms. The van der Waals surface area contributed by atoms with Gasteiger partial charge in [0, 0.05) is 5.41 Å². The molecule has 0 amide bonds. The number of fused-ring (bicyclic) bond motifs is 6. The van der Waals surface area contributed by atoms with Gasteiger partial charge in [0.05, 0.1) is 25.4 Å². The van der Waals surface area contributed by atoms with Crippen LogP contribution in [0.2, 0.25) is 0 Å². The van der Waals surface area contributed by atoms with E-state index in [2.05, 4.69) is 33.8 Å². The van der Waals surface area contributed by atoms with Gasteiger partial charge < -0.3 is 29.9 Å². The van der Waals surface area contributed by atoms with E-state index >= 15 is 0 Å². The zero-order chi connectivity index (χ0) is 33.4. The lowest BCUT2D eigenvalue weighted by Crippen LogP contribution is -2.62. The van der Waals surface area contributed by atoms with Crippen molar-refractivity contribution in [2.75, 3.05) is 13.7 Å². The first kappa shape index (κ1) is 33.3. The van der Waals surface area contributed by atoms with Gasteiger partial charge in [-0.25, -0.2) is 4.79 Å². The van der Waals surface area contributed by atoms with Gasteiger partial charge in [0.2, 0.25) is 0 Å². The molecule has 0 unspecified atom stereocenters. The lowest BCUT2D eigenvalue weighted by molar-refractivity contribution is -0.200. The van der Waals surface area contributed by atoms with E-state index in [1.54, 1.807) is 6.92 Å². The Hall–Kier alpha value is -2.58. The Morgan fingerprint density at radius 1 is 0.913 bits per heavy atom. The van der Waals surface area contributed by atoms with E-state index in [0.29, 0.717) is 24.7 Å². The third-order valence-corrected chi connectivity index (χ3v) is 14.8. The van der Waals surface area contributed by atoms with E-state index in [4.69, 9.17) is 9.47 Å². The number of aliphatic carboxylic acids is 1. The highest BCUT2D eigenvalue weighted by Crippen LogP contribution is 2.70. The largest absolute Gasteiger partial charge is 0.504 e. The number of carbonyl (C=O) groups is 2. The van der Waals surface area contributed by atoms with Gasteiger partial charge in [-0.1, -0.05) is 39.3 Å². The highest BCUT2D eigenvalue weighted by atomic mass is 16.5. The van der Waals surface area contributed by atoms with Crippen molar-refractivity contribution >= 4 is 11.9 Å². The minimum atomic E-state index is -1.25. The molecular weight excluding hydrogens is 584 g/mol. The van der Waals surface area contributed by atoms with Crippen LogP contribution in [0.1, 0.15) is 109 Å². The van der Waals surface area contributed by atoms with E-state index in [-0.39, 0.29) is 51.8 Å². The number of aliphatic hydroxyl groups excluding tert-OH is 2. The summed E-state index contributed by atoms with van der Waals surface area (Å²) in [6.45, 7) is 11.0. The van der Waals surface area contributed by atoms with Gasteiger partial charge in [0.25, 0.3) is 0 Å². The zero-order valence-corrected chi connectivity index (χ0v) is 28.5. The number of carbonyl (C=O) groups excluding carboxylic acids is 1. The Balaban J connectivity index is 1.29. The number of rotatable bonds is 5. The summed E-state index contributed by atoms with van der Waals surface area (Å²) in [6.07, 6.45) is 9.73. The lowest BCUT2D eigenvalue weighted by Gasteiger charge is -2.63. The highest BCUT2D eigenvalue weighted by Gasteiger charge is 2.67. The average molecular weight is 639 g/mol.